The Hall–Kier alpha value is -1.26. The summed E-state index contributed by atoms with van der Waals surface area (Å²) in [5.41, 5.74) is 6.06. The average Bonchev–Trinajstić information content (AvgIpc) is 2.32. The molecule has 1 amide bonds. The van der Waals surface area contributed by atoms with E-state index in [-0.39, 0.29) is 12.0 Å². The van der Waals surface area contributed by atoms with Crippen LogP contribution < -0.4 is 15.8 Å². The van der Waals surface area contributed by atoms with Gasteiger partial charge in [-0.3, -0.25) is 4.79 Å². The number of unbranched alkanes of at least 4 members (excludes halogenated alkanes) is 1. The highest BCUT2D eigenvalue weighted by Crippen LogP contribution is 2.28. The third kappa shape index (κ3) is 5.94. The maximum Gasteiger partial charge on any atom is 0.224 e. The van der Waals surface area contributed by atoms with Gasteiger partial charge in [0.25, 0.3) is 0 Å². The SMILES string of the molecule is CC(C)Oc1ccc(NC(=O)CCCCN)cc1Cl. The fourth-order valence-corrected chi connectivity index (χ4v) is 1.81. The summed E-state index contributed by atoms with van der Waals surface area (Å²) < 4.78 is 5.53. The molecule has 1 aromatic carbocycles. The van der Waals surface area contributed by atoms with Gasteiger partial charge < -0.3 is 15.8 Å². The maximum atomic E-state index is 11.6. The predicted molar refractivity (Wildman–Crippen MR) is 78.8 cm³/mol. The third-order valence-electron chi connectivity index (χ3n) is 2.44. The van der Waals surface area contributed by atoms with Crippen LogP contribution in [0.1, 0.15) is 33.1 Å². The highest BCUT2D eigenvalue weighted by molar-refractivity contribution is 6.32. The van der Waals surface area contributed by atoms with Gasteiger partial charge in [-0.1, -0.05) is 11.6 Å². The Labute approximate surface area is 119 Å². The van der Waals surface area contributed by atoms with Gasteiger partial charge >= 0.3 is 0 Å². The Morgan fingerprint density at radius 1 is 1.42 bits per heavy atom. The number of nitrogens with two attached hydrogens (primary N) is 1. The lowest BCUT2D eigenvalue weighted by Gasteiger charge is -2.12. The number of anilines is 1. The molecule has 0 saturated carbocycles. The topological polar surface area (TPSA) is 64.3 Å². The first-order valence-electron chi connectivity index (χ1n) is 6.49. The minimum absolute atomic E-state index is 0.0259. The number of amides is 1. The number of hydrogen-bond acceptors (Lipinski definition) is 3. The van der Waals surface area contributed by atoms with Crippen LogP contribution in [0.4, 0.5) is 5.69 Å². The minimum Gasteiger partial charge on any atom is -0.489 e. The van der Waals surface area contributed by atoms with Crippen molar-refractivity contribution in [3.8, 4) is 5.75 Å². The molecule has 1 aromatic rings. The summed E-state index contributed by atoms with van der Waals surface area (Å²) in [6, 6.07) is 5.24. The van der Waals surface area contributed by atoms with Crippen LogP contribution in [-0.4, -0.2) is 18.6 Å². The zero-order chi connectivity index (χ0) is 14.3. The highest BCUT2D eigenvalue weighted by atomic mass is 35.5. The van der Waals surface area contributed by atoms with E-state index in [1.165, 1.54) is 0 Å². The number of benzene rings is 1. The Balaban J connectivity index is 2.55. The van der Waals surface area contributed by atoms with Crippen LogP contribution in [-0.2, 0) is 4.79 Å². The Bertz CT molecular complexity index is 422. The lowest BCUT2D eigenvalue weighted by molar-refractivity contribution is -0.116. The fraction of sp³-hybridized carbons (Fsp3) is 0.500. The standard InChI is InChI=1S/C14H21ClN2O2/c1-10(2)19-13-7-6-11(9-12(13)15)17-14(18)5-3-4-8-16/h6-7,9-10H,3-5,8,16H2,1-2H3,(H,17,18). The zero-order valence-electron chi connectivity index (χ0n) is 11.4. The third-order valence-corrected chi connectivity index (χ3v) is 2.73. The monoisotopic (exact) mass is 284 g/mol. The molecule has 0 aliphatic rings. The van der Waals surface area contributed by atoms with Gasteiger partial charge in [0.2, 0.25) is 5.91 Å². The Kier molecular flexibility index (Phi) is 6.67. The van der Waals surface area contributed by atoms with Gasteiger partial charge in [0.05, 0.1) is 11.1 Å². The molecule has 106 valence electrons. The van der Waals surface area contributed by atoms with Gasteiger partial charge in [-0.25, -0.2) is 0 Å². The average molecular weight is 285 g/mol. The number of carbonyl (C=O) groups is 1. The highest BCUT2D eigenvalue weighted by Gasteiger charge is 2.07. The van der Waals surface area contributed by atoms with E-state index in [1.54, 1.807) is 18.2 Å². The van der Waals surface area contributed by atoms with Crippen molar-refractivity contribution in [1.82, 2.24) is 0 Å². The van der Waals surface area contributed by atoms with Crippen LogP contribution in [0.5, 0.6) is 5.75 Å². The van der Waals surface area contributed by atoms with E-state index in [9.17, 15) is 4.79 Å². The van der Waals surface area contributed by atoms with E-state index in [0.717, 1.165) is 12.8 Å². The van der Waals surface area contributed by atoms with Crippen LogP contribution in [0.3, 0.4) is 0 Å². The molecule has 19 heavy (non-hydrogen) atoms. The van der Waals surface area contributed by atoms with Crippen molar-refractivity contribution in [2.45, 2.75) is 39.2 Å². The van der Waals surface area contributed by atoms with E-state index < -0.39 is 0 Å². The van der Waals surface area contributed by atoms with Gasteiger partial charge in [0, 0.05) is 12.1 Å². The molecule has 1 rings (SSSR count). The van der Waals surface area contributed by atoms with E-state index >= 15 is 0 Å². The second-order valence-corrected chi connectivity index (χ2v) is 5.01. The molecule has 4 nitrogen and oxygen atoms in total. The summed E-state index contributed by atoms with van der Waals surface area (Å²) in [4.78, 5) is 11.6. The molecule has 0 spiro atoms. The van der Waals surface area contributed by atoms with E-state index in [1.807, 2.05) is 13.8 Å². The minimum atomic E-state index is -0.0259. The second-order valence-electron chi connectivity index (χ2n) is 4.61. The van der Waals surface area contributed by atoms with Gasteiger partial charge in [-0.2, -0.15) is 0 Å². The maximum absolute atomic E-state index is 11.6. The van der Waals surface area contributed by atoms with Crippen LogP contribution in [0.15, 0.2) is 18.2 Å². The molecule has 0 saturated heterocycles. The molecule has 0 atom stereocenters. The van der Waals surface area contributed by atoms with Crippen LogP contribution in [0, 0.1) is 0 Å². The van der Waals surface area contributed by atoms with Crippen molar-refractivity contribution in [1.29, 1.82) is 0 Å². The van der Waals surface area contributed by atoms with E-state index in [2.05, 4.69) is 5.32 Å². The van der Waals surface area contributed by atoms with Crippen molar-refractivity contribution in [2.24, 2.45) is 5.73 Å². The van der Waals surface area contributed by atoms with Crippen LogP contribution >= 0.6 is 11.6 Å². The number of nitrogens with one attached hydrogen (secondary N) is 1. The summed E-state index contributed by atoms with van der Waals surface area (Å²) in [7, 11) is 0. The van der Waals surface area contributed by atoms with Gasteiger partial charge in [-0.15, -0.1) is 0 Å². The zero-order valence-corrected chi connectivity index (χ0v) is 12.2. The molecule has 0 aliphatic heterocycles. The number of halogens is 1. The molecular weight excluding hydrogens is 264 g/mol. The van der Waals surface area contributed by atoms with Crippen LogP contribution in [0.25, 0.3) is 0 Å². The van der Waals surface area contributed by atoms with Crippen molar-refractivity contribution in [3.63, 3.8) is 0 Å². The summed E-state index contributed by atoms with van der Waals surface area (Å²) in [5.74, 6) is 0.597. The molecule has 0 aromatic heterocycles. The molecule has 0 bridgehead atoms. The van der Waals surface area contributed by atoms with Gasteiger partial charge in [-0.05, 0) is 51.4 Å². The summed E-state index contributed by atoms with van der Waals surface area (Å²) in [5, 5.41) is 3.30. The van der Waals surface area contributed by atoms with E-state index in [4.69, 9.17) is 22.1 Å². The normalized spacial score (nSPS) is 10.6. The van der Waals surface area contributed by atoms with Crippen molar-refractivity contribution in [2.75, 3.05) is 11.9 Å². The number of rotatable bonds is 7. The van der Waals surface area contributed by atoms with Crippen molar-refractivity contribution < 1.29 is 9.53 Å². The summed E-state index contributed by atoms with van der Waals surface area (Å²) in [6.45, 7) is 4.48. The number of hydrogen-bond donors (Lipinski definition) is 2. The van der Waals surface area contributed by atoms with Crippen molar-refractivity contribution in [3.05, 3.63) is 23.2 Å². The second kappa shape index (κ2) is 8.02. The molecular formula is C14H21ClN2O2. The van der Waals surface area contributed by atoms with Gasteiger partial charge in [0.1, 0.15) is 5.75 Å². The summed E-state index contributed by atoms with van der Waals surface area (Å²) >= 11 is 6.09. The summed E-state index contributed by atoms with van der Waals surface area (Å²) in [6.07, 6.45) is 2.19. The smallest absolute Gasteiger partial charge is 0.224 e. The lowest BCUT2D eigenvalue weighted by atomic mass is 10.2. The Morgan fingerprint density at radius 2 is 2.16 bits per heavy atom. The van der Waals surface area contributed by atoms with E-state index in [0.29, 0.717) is 29.4 Å². The number of carbonyl (C=O) groups excluding carboxylic acids is 1. The first-order valence-corrected chi connectivity index (χ1v) is 6.87. The van der Waals surface area contributed by atoms with Gasteiger partial charge in [0.15, 0.2) is 0 Å². The predicted octanol–water partition coefficient (Wildman–Crippen LogP) is 3.19. The van der Waals surface area contributed by atoms with Crippen LogP contribution in [0.2, 0.25) is 5.02 Å². The molecule has 5 heteroatoms. The lowest BCUT2D eigenvalue weighted by Crippen LogP contribution is -2.12. The molecule has 0 radical (unpaired) electrons. The largest absolute Gasteiger partial charge is 0.489 e. The molecule has 3 N–H and O–H groups in total. The fourth-order valence-electron chi connectivity index (χ4n) is 1.58. The van der Waals surface area contributed by atoms with Crippen molar-refractivity contribution >= 4 is 23.2 Å². The molecule has 0 fully saturated rings. The molecule has 0 aliphatic carbocycles. The quantitative estimate of drug-likeness (QED) is 0.756. The molecule has 0 heterocycles. The first-order chi connectivity index (χ1) is 9.02. The molecule has 0 unspecified atom stereocenters. The number of ether oxygens (including phenoxy) is 1. The first kappa shape index (κ1) is 15.8. The Morgan fingerprint density at radius 3 is 2.74 bits per heavy atom.